The minimum Gasteiger partial charge on any atom is -0.462 e. The lowest BCUT2D eigenvalue weighted by Gasteiger charge is -2.13. The van der Waals surface area contributed by atoms with Crippen LogP contribution in [-0.2, 0) is 4.74 Å². The molecule has 2 aromatic rings. The molecule has 4 nitrogen and oxygen atoms in total. The van der Waals surface area contributed by atoms with E-state index in [2.05, 4.69) is 0 Å². The predicted octanol–water partition coefficient (Wildman–Crippen LogP) is 3.44. The third kappa shape index (κ3) is 2.27. The first-order valence-electron chi connectivity index (χ1n) is 6.85. The van der Waals surface area contributed by atoms with Crippen LogP contribution in [0.5, 0.6) is 0 Å². The quantitative estimate of drug-likeness (QED) is 0.641. The number of aromatic nitrogens is 1. The number of carbonyl (C=O) groups excluding carboxylic acids is 1. The minimum absolute atomic E-state index is 0.0391. The first kappa shape index (κ1) is 15.0. The van der Waals surface area contributed by atoms with E-state index in [0.717, 1.165) is 18.9 Å². The standard InChI is InChI=1S/C15H12ClF2NO3/c1-2-22-15(21)8-6-19(7-3-4-7)10-5-9(17)13(18)12(16)11(10)14(8)20/h5-7H,2-4H2,1H3. The van der Waals surface area contributed by atoms with Crippen LogP contribution in [-0.4, -0.2) is 17.1 Å². The summed E-state index contributed by atoms with van der Waals surface area (Å²) in [5.41, 5.74) is -0.798. The number of hydrogen-bond donors (Lipinski definition) is 0. The van der Waals surface area contributed by atoms with Crippen LogP contribution in [0.2, 0.25) is 5.02 Å². The summed E-state index contributed by atoms with van der Waals surface area (Å²) in [7, 11) is 0. The van der Waals surface area contributed by atoms with Gasteiger partial charge in [-0.05, 0) is 19.8 Å². The van der Waals surface area contributed by atoms with Gasteiger partial charge >= 0.3 is 5.97 Å². The van der Waals surface area contributed by atoms with Gasteiger partial charge in [-0.2, -0.15) is 0 Å². The molecule has 0 aliphatic heterocycles. The van der Waals surface area contributed by atoms with E-state index in [0.29, 0.717) is 0 Å². The molecule has 1 aromatic carbocycles. The first-order valence-corrected chi connectivity index (χ1v) is 7.23. The van der Waals surface area contributed by atoms with Crippen LogP contribution in [0.15, 0.2) is 17.1 Å². The molecule has 1 aliphatic carbocycles. The molecule has 1 heterocycles. The Kier molecular flexibility index (Phi) is 3.64. The second-order valence-electron chi connectivity index (χ2n) is 5.11. The van der Waals surface area contributed by atoms with E-state index in [-0.39, 0.29) is 29.1 Å². The van der Waals surface area contributed by atoms with Gasteiger partial charge in [0.05, 0.1) is 22.5 Å². The third-order valence-electron chi connectivity index (χ3n) is 3.60. The molecule has 1 aliphatic rings. The second-order valence-corrected chi connectivity index (χ2v) is 5.49. The zero-order chi connectivity index (χ0) is 16.0. The van der Waals surface area contributed by atoms with Gasteiger partial charge in [-0.3, -0.25) is 4.79 Å². The van der Waals surface area contributed by atoms with Crippen LogP contribution < -0.4 is 5.43 Å². The van der Waals surface area contributed by atoms with Crippen LogP contribution in [0.4, 0.5) is 8.78 Å². The SMILES string of the molecule is CCOC(=O)c1cn(C2CC2)c2cc(F)c(F)c(Cl)c2c1=O. The molecule has 0 spiro atoms. The van der Waals surface area contributed by atoms with E-state index in [1.807, 2.05) is 0 Å². The number of esters is 1. The average molecular weight is 328 g/mol. The zero-order valence-electron chi connectivity index (χ0n) is 11.7. The summed E-state index contributed by atoms with van der Waals surface area (Å²) in [6.45, 7) is 1.71. The van der Waals surface area contributed by atoms with Crippen LogP contribution >= 0.6 is 11.6 Å². The van der Waals surface area contributed by atoms with Gasteiger partial charge in [-0.15, -0.1) is 0 Å². The number of carbonyl (C=O) groups is 1. The highest BCUT2D eigenvalue weighted by Gasteiger charge is 2.29. The Labute approximate surface area is 129 Å². The van der Waals surface area contributed by atoms with Crippen molar-refractivity contribution < 1.29 is 18.3 Å². The molecule has 0 atom stereocenters. The molecule has 0 bridgehead atoms. The lowest BCUT2D eigenvalue weighted by Crippen LogP contribution is -2.21. The van der Waals surface area contributed by atoms with Crippen molar-refractivity contribution in [2.75, 3.05) is 6.61 Å². The van der Waals surface area contributed by atoms with Gasteiger partial charge in [0.1, 0.15) is 5.56 Å². The van der Waals surface area contributed by atoms with Crippen LogP contribution in [0, 0.1) is 11.6 Å². The maximum atomic E-state index is 13.7. The largest absolute Gasteiger partial charge is 0.462 e. The Balaban J connectivity index is 2.39. The summed E-state index contributed by atoms with van der Waals surface area (Å²) in [6, 6.07) is 0.975. The van der Waals surface area contributed by atoms with Gasteiger partial charge in [0.25, 0.3) is 0 Å². The zero-order valence-corrected chi connectivity index (χ0v) is 12.4. The fraction of sp³-hybridized carbons (Fsp3) is 0.333. The molecule has 7 heteroatoms. The molecule has 1 fully saturated rings. The molecule has 0 radical (unpaired) electrons. The highest BCUT2D eigenvalue weighted by molar-refractivity contribution is 6.35. The Bertz CT molecular complexity index is 843. The number of benzene rings is 1. The van der Waals surface area contributed by atoms with Crippen molar-refractivity contribution in [2.24, 2.45) is 0 Å². The van der Waals surface area contributed by atoms with Crippen LogP contribution in [0.25, 0.3) is 10.9 Å². The van der Waals surface area contributed by atoms with Gasteiger partial charge in [0.15, 0.2) is 11.6 Å². The van der Waals surface area contributed by atoms with Crippen molar-refractivity contribution in [3.05, 3.63) is 44.7 Å². The molecule has 1 aromatic heterocycles. The maximum absolute atomic E-state index is 13.7. The Morgan fingerprint density at radius 1 is 1.45 bits per heavy atom. The normalized spacial score (nSPS) is 14.4. The molecule has 1 saturated carbocycles. The smallest absolute Gasteiger partial charge is 0.343 e. The average Bonchev–Trinajstić information content (AvgIpc) is 3.29. The molecule has 0 N–H and O–H groups in total. The summed E-state index contributed by atoms with van der Waals surface area (Å²) >= 11 is 5.81. The van der Waals surface area contributed by atoms with Gasteiger partial charge in [0, 0.05) is 18.3 Å². The summed E-state index contributed by atoms with van der Waals surface area (Å²) in [6.07, 6.45) is 3.00. The number of nitrogens with zero attached hydrogens (tertiary/aromatic N) is 1. The minimum atomic E-state index is -1.30. The summed E-state index contributed by atoms with van der Waals surface area (Å²) in [4.78, 5) is 24.4. The fourth-order valence-electron chi connectivity index (χ4n) is 2.41. The van der Waals surface area contributed by atoms with Gasteiger partial charge in [-0.25, -0.2) is 13.6 Å². The highest BCUT2D eigenvalue weighted by atomic mass is 35.5. The number of fused-ring (bicyclic) bond motifs is 1. The third-order valence-corrected chi connectivity index (χ3v) is 3.95. The Hall–Kier alpha value is -1.95. The molecular formula is C15H12ClF2NO3. The lowest BCUT2D eigenvalue weighted by molar-refractivity contribution is 0.0524. The van der Waals surface area contributed by atoms with Gasteiger partial charge in [-0.1, -0.05) is 11.6 Å². The number of hydrogen-bond acceptors (Lipinski definition) is 3. The first-order chi connectivity index (χ1) is 10.5. The Morgan fingerprint density at radius 2 is 2.14 bits per heavy atom. The Morgan fingerprint density at radius 3 is 2.73 bits per heavy atom. The van der Waals surface area contributed by atoms with E-state index >= 15 is 0 Å². The summed E-state index contributed by atoms with van der Waals surface area (Å²) in [5, 5.41) is -0.807. The lowest BCUT2D eigenvalue weighted by atomic mass is 10.1. The second kappa shape index (κ2) is 5.35. The fourth-order valence-corrected chi connectivity index (χ4v) is 2.69. The number of rotatable bonds is 3. The number of halogens is 3. The summed E-state index contributed by atoms with van der Waals surface area (Å²) < 4.78 is 33.8. The van der Waals surface area contributed by atoms with Crippen LogP contribution in [0.1, 0.15) is 36.2 Å². The molecular weight excluding hydrogens is 316 g/mol. The molecule has 0 unspecified atom stereocenters. The van der Waals surface area contributed by atoms with Gasteiger partial charge in [0.2, 0.25) is 5.43 Å². The van der Waals surface area contributed by atoms with Crippen molar-refractivity contribution in [2.45, 2.75) is 25.8 Å². The van der Waals surface area contributed by atoms with E-state index in [4.69, 9.17) is 16.3 Å². The van der Waals surface area contributed by atoms with Gasteiger partial charge < -0.3 is 9.30 Å². The number of pyridine rings is 1. The van der Waals surface area contributed by atoms with Crippen molar-refractivity contribution in [1.29, 1.82) is 0 Å². The topological polar surface area (TPSA) is 48.3 Å². The van der Waals surface area contributed by atoms with Crippen molar-refractivity contribution in [3.8, 4) is 0 Å². The van der Waals surface area contributed by atoms with E-state index in [9.17, 15) is 18.4 Å². The predicted molar refractivity (Wildman–Crippen MR) is 77.4 cm³/mol. The summed E-state index contributed by atoms with van der Waals surface area (Å²) in [5.74, 6) is -3.23. The van der Waals surface area contributed by atoms with E-state index in [1.165, 1.54) is 6.20 Å². The van der Waals surface area contributed by atoms with Crippen molar-refractivity contribution in [3.63, 3.8) is 0 Å². The maximum Gasteiger partial charge on any atom is 0.343 e. The molecule has 116 valence electrons. The van der Waals surface area contributed by atoms with E-state index in [1.54, 1.807) is 11.5 Å². The van der Waals surface area contributed by atoms with Crippen molar-refractivity contribution >= 4 is 28.5 Å². The monoisotopic (exact) mass is 327 g/mol. The molecule has 3 rings (SSSR count). The van der Waals surface area contributed by atoms with Crippen molar-refractivity contribution in [1.82, 2.24) is 4.57 Å². The molecule has 22 heavy (non-hydrogen) atoms. The molecule has 0 amide bonds. The number of ether oxygens (including phenoxy) is 1. The van der Waals surface area contributed by atoms with E-state index < -0.39 is 28.1 Å². The molecule has 0 saturated heterocycles. The highest BCUT2D eigenvalue weighted by Crippen LogP contribution is 2.38. The van der Waals surface area contributed by atoms with Crippen LogP contribution in [0.3, 0.4) is 0 Å².